The van der Waals surface area contributed by atoms with Crippen molar-refractivity contribution < 1.29 is 14.3 Å². The minimum Gasteiger partial charge on any atom is -0.497 e. The molecule has 0 saturated carbocycles. The van der Waals surface area contributed by atoms with Crippen LogP contribution < -0.4 is 14.9 Å². The van der Waals surface area contributed by atoms with Crippen molar-refractivity contribution in [3.63, 3.8) is 0 Å². The van der Waals surface area contributed by atoms with Crippen LogP contribution in [-0.4, -0.2) is 40.6 Å². The number of benzene rings is 3. The van der Waals surface area contributed by atoms with Crippen LogP contribution in [0.1, 0.15) is 5.56 Å². The van der Waals surface area contributed by atoms with Gasteiger partial charge >= 0.3 is 0 Å². The number of rotatable bonds is 8. The van der Waals surface area contributed by atoms with Crippen molar-refractivity contribution in [1.82, 2.24) is 20.2 Å². The lowest BCUT2D eigenvalue weighted by molar-refractivity contribution is -0.123. The molecule has 2 aromatic heterocycles. The minimum absolute atomic E-state index is 0.246. The molecule has 0 aliphatic carbocycles. The van der Waals surface area contributed by atoms with Crippen molar-refractivity contribution in [3.05, 3.63) is 99.9 Å². The van der Waals surface area contributed by atoms with Gasteiger partial charge in [0.2, 0.25) is 0 Å². The van der Waals surface area contributed by atoms with Gasteiger partial charge in [-0.2, -0.15) is 10.2 Å². The number of methoxy groups -OCH3 is 1. The molecule has 0 atom stereocenters. The van der Waals surface area contributed by atoms with E-state index >= 15 is 0 Å². The fraction of sp³-hybridized carbons (Fsp3) is 0.0714. The highest BCUT2D eigenvalue weighted by molar-refractivity contribution is 6.36. The lowest BCUT2D eigenvalue weighted by atomic mass is 10.1. The topological polar surface area (TPSA) is 90.6 Å². The van der Waals surface area contributed by atoms with E-state index in [-0.39, 0.29) is 16.8 Å². The van der Waals surface area contributed by atoms with Gasteiger partial charge in [0.1, 0.15) is 16.7 Å². The highest BCUT2D eigenvalue weighted by Crippen LogP contribution is 2.39. The van der Waals surface area contributed by atoms with Crippen molar-refractivity contribution in [3.8, 4) is 28.3 Å². The maximum absolute atomic E-state index is 12.5. The monoisotopic (exact) mass is 579 g/mol. The van der Waals surface area contributed by atoms with Gasteiger partial charge in [0, 0.05) is 33.3 Å². The molecule has 2 heterocycles. The van der Waals surface area contributed by atoms with E-state index in [2.05, 4.69) is 20.6 Å². The summed E-state index contributed by atoms with van der Waals surface area (Å²) in [5.74, 6) is 0.478. The van der Waals surface area contributed by atoms with E-state index in [4.69, 9.17) is 44.3 Å². The first kappa shape index (κ1) is 26.5. The van der Waals surface area contributed by atoms with Crippen molar-refractivity contribution in [2.45, 2.75) is 0 Å². The van der Waals surface area contributed by atoms with E-state index in [0.29, 0.717) is 38.7 Å². The van der Waals surface area contributed by atoms with Crippen LogP contribution in [0, 0.1) is 0 Å². The first-order valence-corrected chi connectivity index (χ1v) is 12.7. The Balaban J connectivity index is 1.29. The third-order valence-corrected chi connectivity index (χ3v) is 6.47. The average Bonchev–Trinajstić information content (AvgIpc) is 3.43. The first-order valence-electron chi connectivity index (χ1n) is 11.6. The van der Waals surface area contributed by atoms with E-state index in [9.17, 15) is 4.79 Å². The molecule has 5 aromatic rings. The van der Waals surface area contributed by atoms with Crippen LogP contribution in [0.15, 0.2) is 84.2 Å². The lowest BCUT2D eigenvalue weighted by Gasteiger charge is -2.12. The number of fused-ring (bicyclic) bond motifs is 1. The summed E-state index contributed by atoms with van der Waals surface area (Å²) >= 11 is 19.0. The van der Waals surface area contributed by atoms with Crippen LogP contribution >= 0.6 is 34.8 Å². The zero-order chi connectivity index (χ0) is 27.4. The number of ether oxygens (including phenoxy) is 2. The number of carbonyl (C=O) groups excluding carboxylic acids is 1. The SMILES string of the molecule is COc1ccc2nc(Cl)c(C=NNC(=O)COc3c(Cl)cc(Cl)cc3-c3cnn(-c4ccccc4)c3)cc2c1. The normalized spacial score (nSPS) is 11.2. The number of nitrogens with one attached hydrogen (secondary N) is 1. The van der Waals surface area contributed by atoms with Crippen molar-refractivity contribution >= 4 is 57.8 Å². The van der Waals surface area contributed by atoms with Gasteiger partial charge in [-0.15, -0.1) is 0 Å². The molecule has 0 aliphatic rings. The lowest BCUT2D eigenvalue weighted by Crippen LogP contribution is -2.24. The summed E-state index contributed by atoms with van der Waals surface area (Å²) < 4.78 is 12.8. The molecule has 0 saturated heterocycles. The van der Waals surface area contributed by atoms with Gasteiger partial charge in [-0.1, -0.05) is 53.0 Å². The Morgan fingerprint density at radius 3 is 2.69 bits per heavy atom. The maximum atomic E-state index is 12.5. The first-order chi connectivity index (χ1) is 18.9. The summed E-state index contributed by atoms with van der Waals surface area (Å²) in [7, 11) is 1.59. The Kier molecular flexibility index (Phi) is 7.97. The predicted octanol–water partition coefficient (Wildman–Crippen LogP) is 6.59. The Bertz CT molecular complexity index is 1690. The fourth-order valence-electron chi connectivity index (χ4n) is 3.81. The van der Waals surface area contributed by atoms with Gasteiger partial charge in [0.05, 0.1) is 35.7 Å². The second-order valence-corrected chi connectivity index (χ2v) is 9.48. The zero-order valence-electron chi connectivity index (χ0n) is 20.4. The van der Waals surface area contributed by atoms with E-state index in [1.165, 1.54) is 6.21 Å². The van der Waals surface area contributed by atoms with E-state index in [1.807, 2.05) is 48.7 Å². The molecule has 3 aromatic carbocycles. The number of halogens is 3. The molecule has 0 unspecified atom stereocenters. The molecule has 8 nitrogen and oxygen atoms in total. The van der Waals surface area contributed by atoms with Gasteiger partial charge < -0.3 is 9.47 Å². The van der Waals surface area contributed by atoms with E-state index in [0.717, 1.165) is 11.1 Å². The second-order valence-electron chi connectivity index (χ2n) is 8.28. The van der Waals surface area contributed by atoms with Crippen LogP contribution in [0.2, 0.25) is 15.2 Å². The van der Waals surface area contributed by atoms with Gasteiger partial charge in [0.15, 0.2) is 6.61 Å². The Labute approximate surface area is 238 Å². The van der Waals surface area contributed by atoms with Gasteiger partial charge in [0.25, 0.3) is 5.91 Å². The van der Waals surface area contributed by atoms with Gasteiger partial charge in [-0.25, -0.2) is 15.1 Å². The van der Waals surface area contributed by atoms with Gasteiger partial charge in [-0.05, 0) is 48.5 Å². The third kappa shape index (κ3) is 6.15. The minimum atomic E-state index is -0.505. The Morgan fingerprint density at radius 1 is 1.08 bits per heavy atom. The third-order valence-electron chi connectivity index (χ3n) is 5.67. The molecule has 0 aliphatic heterocycles. The predicted molar refractivity (Wildman–Crippen MR) is 154 cm³/mol. The standard InChI is InChI=1S/C28H20Cl3N5O3/c1-38-22-7-8-25-17(10-22)9-18(28(31)34-25)13-32-35-26(37)16-39-27-23(11-20(29)12-24(27)30)19-14-33-36(15-19)21-5-3-2-4-6-21/h2-15H,16H2,1H3,(H,35,37). The number of hydrazone groups is 1. The smallest absolute Gasteiger partial charge is 0.277 e. The number of aromatic nitrogens is 3. The zero-order valence-corrected chi connectivity index (χ0v) is 22.7. The second kappa shape index (κ2) is 11.7. The molecule has 0 fully saturated rings. The van der Waals surface area contributed by atoms with Crippen LogP contribution in [0.5, 0.6) is 11.5 Å². The van der Waals surface area contributed by atoms with Crippen LogP contribution in [0.4, 0.5) is 0 Å². The molecule has 0 bridgehead atoms. The number of pyridine rings is 1. The van der Waals surface area contributed by atoms with Crippen LogP contribution in [0.3, 0.4) is 0 Å². The van der Waals surface area contributed by atoms with Crippen molar-refractivity contribution in [2.24, 2.45) is 5.10 Å². The Hall–Kier alpha value is -4.11. The number of amides is 1. The number of nitrogens with zero attached hydrogens (tertiary/aromatic N) is 4. The fourth-order valence-corrected chi connectivity index (χ4v) is 4.56. The summed E-state index contributed by atoms with van der Waals surface area (Å²) in [5, 5.41) is 10.1. The Morgan fingerprint density at radius 2 is 1.90 bits per heavy atom. The number of carbonyl (C=O) groups is 1. The number of hydrogen-bond acceptors (Lipinski definition) is 6. The highest BCUT2D eigenvalue weighted by atomic mass is 35.5. The van der Waals surface area contributed by atoms with Crippen molar-refractivity contribution in [2.75, 3.05) is 13.7 Å². The summed E-state index contributed by atoms with van der Waals surface area (Å²) in [6.07, 6.45) is 4.90. The van der Waals surface area contributed by atoms with Crippen LogP contribution in [0.25, 0.3) is 27.7 Å². The molecule has 0 radical (unpaired) electrons. The summed E-state index contributed by atoms with van der Waals surface area (Å²) in [6, 6.07) is 20.1. The number of hydrogen-bond donors (Lipinski definition) is 1. The molecule has 196 valence electrons. The molecular weight excluding hydrogens is 561 g/mol. The molecular formula is C28H20Cl3N5O3. The molecule has 11 heteroatoms. The quantitative estimate of drug-likeness (QED) is 0.127. The van der Waals surface area contributed by atoms with E-state index < -0.39 is 5.91 Å². The summed E-state index contributed by atoms with van der Waals surface area (Å²) in [5.41, 5.74) is 5.85. The molecule has 1 N–H and O–H groups in total. The molecule has 39 heavy (non-hydrogen) atoms. The largest absolute Gasteiger partial charge is 0.497 e. The molecule has 1 amide bonds. The molecule has 5 rings (SSSR count). The maximum Gasteiger partial charge on any atom is 0.277 e. The summed E-state index contributed by atoms with van der Waals surface area (Å²) in [6.45, 7) is -0.348. The van der Waals surface area contributed by atoms with Crippen molar-refractivity contribution in [1.29, 1.82) is 0 Å². The number of para-hydroxylation sites is 1. The molecule has 0 spiro atoms. The van der Waals surface area contributed by atoms with Gasteiger partial charge in [-0.3, -0.25) is 4.79 Å². The van der Waals surface area contributed by atoms with Crippen LogP contribution in [-0.2, 0) is 4.79 Å². The van der Waals surface area contributed by atoms with E-state index in [1.54, 1.807) is 42.3 Å². The average molecular weight is 581 g/mol. The summed E-state index contributed by atoms with van der Waals surface area (Å²) in [4.78, 5) is 16.9. The highest BCUT2D eigenvalue weighted by Gasteiger charge is 2.16.